The van der Waals surface area contributed by atoms with Crippen molar-refractivity contribution in [3.63, 3.8) is 0 Å². The number of phenols is 2. The molecule has 1 aromatic heterocycles. The second-order valence-corrected chi connectivity index (χ2v) is 4.50. The highest BCUT2D eigenvalue weighted by Crippen LogP contribution is 2.31. The molecule has 2 aromatic rings. The summed E-state index contributed by atoms with van der Waals surface area (Å²) in [7, 11) is 1.75. The number of phenolic OH excluding ortho intramolecular Hbond substituents is 2. The van der Waals surface area contributed by atoms with Crippen molar-refractivity contribution in [2.75, 3.05) is 0 Å². The van der Waals surface area contributed by atoms with Gasteiger partial charge in [-0.1, -0.05) is 0 Å². The highest BCUT2D eigenvalue weighted by molar-refractivity contribution is 7.07. The molecule has 1 heterocycles. The molecule has 0 fully saturated rings. The van der Waals surface area contributed by atoms with Gasteiger partial charge in [0.25, 0.3) is 0 Å². The van der Waals surface area contributed by atoms with E-state index in [1.165, 1.54) is 29.5 Å². The molecule has 0 saturated carbocycles. The Bertz CT molecular complexity index is 672. The fourth-order valence-electron chi connectivity index (χ4n) is 1.55. The minimum Gasteiger partial charge on any atom is -0.508 e. The van der Waals surface area contributed by atoms with Gasteiger partial charge < -0.3 is 20.5 Å². The first-order valence-electron chi connectivity index (χ1n) is 5.04. The molecule has 0 atom stereocenters. The highest BCUT2D eigenvalue weighted by Gasteiger charge is 2.10. The van der Waals surface area contributed by atoms with Gasteiger partial charge in [0.05, 0.1) is 5.69 Å². The Morgan fingerprint density at radius 1 is 1.44 bits per heavy atom. The lowest BCUT2D eigenvalue weighted by molar-refractivity contribution is 0.461. The van der Waals surface area contributed by atoms with Crippen molar-refractivity contribution in [1.29, 1.82) is 5.41 Å². The van der Waals surface area contributed by atoms with Gasteiger partial charge in [-0.05, 0) is 18.2 Å². The van der Waals surface area contributed by atoms with E-state index in [1.807, 2.05) is 0 Å². The first kappa shape index (κ1) is 12.2. The molecule has 0 unspecified atom stereocenters. The number of hydrogen-bond donors (Lipinski definition) is 4. The maximum Gasteiger partial charge on any atom is 0.215 e. The summed E-state index contributed by atoms with van der Waals surface area (Å²) in [5, 5.41) is 28.1. The van der Waals surface area contributed by atoms with Crippen molar-refractivity contribution >= 4 is 17.3 Å². The summed E-state index contributed by atoms with van der Waals surface area (Å²) in [5.74, 6) is -0.145. The molecule has 1 aromatic carbocycles. The molecule has 0 aliphatic carbocycles. The minimum absolute atomic E-state index is 0.0653. The number of benzene rings is 1. The summed E-state index contributed by atoms with van der Waals surface area (Å²) in [6, 6.07) is 4.30. The lowest BCUT2D eigenvalue weighted by atomic mass is 10.1. The third-order valence-corrected chi connectivity index (χ3v) is 3.31. The van der Waals surface area contributed by atoms with Crippen LogP contribution in [-0.4, -0.2) is 20.7 Å². The van der Waals surface area contributed by atoms with Gasteiger partial charge in [0.1, 0.15) is 11.5 Å². The van der Waals surface area contributed by atoms with Crippen molar-refractivity contribution in [1.82, 2.24) is 4.57 Å². The molecule has 94 valence electrons. The standard InChI is InChI=1S/C11H12N4O2S/c1-15-8(5-18-11(15)14-10(12)13)7-4-6(16)2-3-9(7)17/h2-5,16-17H,1H3,(H3,12,13). The summed E-state index contributed by atoms with van der Waals surface area (Å²) in [5.41, 5.74) is 6.40. The van der Waals surface area contributed by atoms with Crippen molar-refractivity contribution in [3.8, 4) is 22.8 Å². The molecule has 5 N–H and O–H groups in total. The Balaban J connectivity index is 2.63. The van der Waals surface area contributed by atoms with E-state index in [0.29, 0.717) is 16.1 Å². The molecule has 0 radical (unpaired) electrons. The molecule has 18 heavy (non-hydrogen) atoms. The molecule has 0 spiro atoms. The predicted molar refractivity (Wildman–Crippen MR) is 69.5 cm³/mol. The largest absolute Gasteiger partial charge is 0.508 e. The quantitative estimate of drug-likeness (QED) is 0.350. The number of nitrogens with one attached hydrogen (secondary N) is 1. The number of nitrogens with two attached hydrogens (primary N) is 1. The molecule has 0 aliphatic rings. The van der Waals surface area contributed by atoms with E-state index in [0.717, 1.165) is 0 Å². The van der Waals surface area contributed by atoms with Gasteiger partial charge in [-0.2, -0.15) is 4.99 Å². The van der Waals surface area contributed by atoms with Gasteiger partial charge in [-0.15, -0.1) is 11.3 Å². The second-order valence-electron chi connectivity index (χ2n) is 3.66. The Hall–Kier alpha value is -2.28. The van der Waals surface area contributed by atoms with Crippen LogP contribution in [0.3, 0.4) is 0 Å². The number of aromatic hydroxyl groups is 2. The molecule has 7 heteroatoms. The zero-order chi connectivity index (χ0) is 13.3. The van der Waals surface area contributed by atoms with Gasteiger partial charge in [-0.3, -0.25) is 5.41 Å². The predicted octanol–water partition coefficient (Wildman–Crippen LogP) is 0.959. The van der Waals surface area contributed by atoms with Gasteiger partial charge >= 0.3 is 0 Å². The zero-order valence-electron chi connectivity index (χ0n) is 9.58. The van der Waals surface area contributed by atoms with E-state index in [1.54, 1.807) is 17.0 Å². The Kier molecular flexibility index (Phi) is 3.07. The van der Waals surface area contributed by atoms with Crippen LogP contribution >= 0.6 is 11.3 Å². The van der Waals surface area contributed by atoms with Crippen LogP contribution in [0.2, 0.25) is 0 Å². The fraction of sp³-hybridized carbons (Fsp3) is 0.0909. The van der Waals surface area contributed by atoms with Crippen LogP contribution in [0.5, 0.6) is 11.5 Å². The molecule has 0 bridgehead atoms. The van der Waals surface area contributed by atoms with Crippen molar-refractivity contribution in [3.05, 3.63) is 28.4 Å². The van der Waals surface area contributed by atoms with Crippen LogP contribution < -0.4 is 10.5 Å². The normalized spacial score (nSPS) is 11.7. The summed E-state index contributed by atoms with van der Waals surface area (Å²) >= 11 is 1.30. The van der Waals surface area contributed by atoms with Gasteiger partial charge in [0.15, 0.2) is 4.80 Å². The maximum atomic E-state index is 9.79. The highest BCUT2D eigenvalue weighted by atomic mass is 32.1. The number of hydrogen-bond acceptors (Lipinski definition) is 4. The number of nitrogens with zero attached hydrogens (tertiary/aromatic N) is 2. The van der Waals surface area contributed by atoms with Crippen molar-refractivity contribution in [2.45, 2.75) is 0 Å². The smallest absolute Gasteiger partial charge is 0.215 e. The van der Waals surface area contributed by atoms with E-state index < -0.39 is 0 Å². The SMILES string of the molecule is Cn1c(-c2cc(O)ccc2O)csc1=NC(=N)N. The summed E-state index contributed by atoms with van der Waals surface area (Å²) in [6.07, 6.45) is 0. The van der Waals surface area contributed by atoms with E-state index in [2.05, 4.69) is 4.99 Å². The molecular formula is C11H12N4O2S. The lowest BCUT2D eigenvalue weighted by Crippen LogP contribution is -2.17. The van der Waals surface area contributed by atoms with Crippen LogP contribution in [0, 0.1) is 5.41 Å². The summed E-state index contributed by atoms with van der Waals surface area (Å²) < 4.78 is 1.69. The lowest BCUT2D eigenvalue weighted by Gasteiger charge is -2.06. The fourth-order valence-corrected chi connectivity index (χ4v) is 2.46. The van der Waals surface area contributed by atoms with Gasteiger partial charge in [0.2, 0.25) is 5.96 Å². The van der Waals surface area contributed by atoms with Crippen LogP contribution in [0.1, 0.15) is 0 Å². The first-order chi connectivity index (χ1) is 8.49. The Labute approximate surface area is 107 Å². The summed E-state index contributed by atoms with van der Waals surface area (Å²) in [4.78, 5) is 4.40. The first-order valence-corrected chi connectivity index (χ1v) is 5.92. The van der Waals surface area contributed by atoms with Crippen LogP contribution in [0.25, 0.3) is 11.3 Å². The second kappa shape index (κ2) is 4.53. The maximum absolute atomic E-state index is 9.79. The average Bonchev–Trinajstić information content (AvgIpc) is 2.64. The van der Waals surface area contributed by atoms with E-state index >= 15 is 0 Å². The van der Waals surface area contributed by atoms with Crippen LogP contribution in [0.15, 0.2) is 28.6 Å². The zero-order valence-corrected chi connectivity index (χ0v) is 10.4. The van der Waals surface area contributed by atoms with Crippen LogP contribution in [-0.2, 0) is 7.05 Å². The van der Waals surface area contributed by atoms with E-state index in [-0.39, 0.29) is 17.5 Å². The summed E-state index contributed by atoms with van der Waals surface area (Å²) in [6.45, 7) is 0. The average molecular weight is 264 g/mol. The third kappa shape index (κ3) is 2.21. The molecule has 0 amide bonds. The number of aromatic nitrogens is 1. The Morgan fingerprint density at radius 3 is 2.83 bits per heavy atom. The van der Waals surface area contributed by atoms with E-state index in [9.17, 15) is 10.2 Å². The van der Waals surface area contributed by atoms with Crippen molar-refractivity contribution < 1.29 is 10.2 Å². The minimum atomic E-state index is -0.279. The molecule has 6 nitrogen and oxygen atoms in total. The monoisotopic (exact) mass is 264 g/mol. The van der Waals surface area contributed by atoms with Gasteiger partial charge in [-0.25, -0.2) is 0 Å². The topological polar surface area (TPSA) is 108 Å². The Morgan fingerprint density at radius 2 is 2.17 bits per heavy atom. The number of rotatable bonds is 1. The number of thiazole rings is 1. The van der Waals surface area contributed by atoms with Crippen molar-refractivity contribution in [2.24, 2.45) is 17.8 Å². The van der Waals surface area contributed by atoms with Gasteiger partial charge in [0, 0.05) is 18.0 Å². The number of guanidine groups is 1. The molecule has 0 aliphatic heterocycles. The molecule has 0 saturated heterocycles. The molecule has 2 rings (SSSR count). The van der Waals surface area contributed by atoms with Crippen LogP contribution in [0.4, 0.5) is 0 Å². The third-order valence-electron chi connectivity index (χ3n) is 2.40. The van der Waals surface area contributed by atoms with E-state index in [4.69, 9.17) is 11.1 Å². The molecular weight excluding hydrogens is 252 g/mol.